The molecular weight excluding hydrogens is 320 g/mol. The Hall–Kier alpha value is -1.07. The highest BCUT2D eigenvalue weighted by Gasteiger charge is 2.04. The Bertz CT molecular complexity index is 413. The monoisotopic (exact) mass is 342 g/mol. The Morgan fingerprint density at radius 3 is 2.95 bits per heavy atom. The molecule has 0 heterocycles. The van der Waals surface area contributed by atoms with Crippen molar-refractivity contribution < 1.29 is 9.53 Å². The predicted molar refractivity (Wildman–Crippen MR) is 85.0 cm³/mol. The third-order valence-corrected chi connectivity index (χ3v) is 3.26. The topological polar surface area (TPSA) is 50.4 Å². The molecule has 20 heavy (non-hydrogen) atoms. The molecule has 0 fully saturated rings. The number of halogens is 1. The van der Waals surface area contributed by atoms with Crippen molar-refractivity contribution in [1.82, 2.24) is 10.6 Å². The third-order valence-electron chi connectivity index (χ3n) is 2.77. The van der Waals surface area contributed by atoms with Gasteiger partial charge in [0.1, 0.15) is 5.75 Å². The average Bonchev–Trinajstić information content (AvgIpc) is 2.42. The van der Waals surface area contributed by atoms with Gasteiger partial charge in [-0.25, -0.2) is 0 Å². The Balaban J connectivity index is 2.10. The Labute approximate surface area is 129 Å². The van der Waals surface area contributed by atoms with Crippen molar-refractivity contribution in [3.63, 3.8) is 0 Å². The van der Waals surface area contributed by atoms with Crippen molar-refractivity contribution in [1.29, 1.82) is 0 Å². The molecule has 0 aliphatic heterocycles. The highest BCUT2D eigenvalue weighted by atomic mass is 79.9. The van der Waals surface area contributed by atoms with Crippen LogP contribution in [0.1, 0.15) is 26.7 Å². The molecule has 0 aliphatic rings. The number of hydrogen-bond donors (Lipinski definition) is 2. The molecule has 0 spiro atoms. The van der Waals surface area contributed by atoms with Crippen LogP contribution in [0.4, 0.5) is 0 Å². The maximum absolute atomic E-state index is 11.6. The molecule has 0 radical (unpaired) electrons. The molecule has 0 saturated carbocycles. The van der Waals surface area contributed by atoms with Crippen LogP contribution < -0.4 is 15.4 Å². The molecule has 0 unspecified atom stereocenters. The zero-order valence-electron chi connectivity index (χ0n) is 12.1. The molecule has 1 amide bonds. The van der Waals surface area contributed by atoms with Gasteiger partial charge in [-0.15, -0.1) is 0 Å². The number of benzene rings is 1. The van der Waals surface area contributed by atoms with Gasteiger partial charge in [0.2, 0.25) is 5.91 Å². The van der Waals surface area contributed by atoms with E-state index in [0.29, 0.717) is 32.0 Å². The molecule has 112 valence electrons. The summed E-state index contributed by atoms with van der Waals surface area (Å²) in [5, 5.41) is 6.16. The molecule has 4 nitrogen and oxygen atoms in total. The lowest BCUT2D eigenvalue weighted by Gasteiger charge is -2.13. The molecule has 2 N–H and O–H groups in total. The van der Waals surface area contributed by atoms with Crippen molar-refractivity contribution in [3.8, 4) is 5.75 Å². The molecule has 1 aromatic rings. The first-order valence-corrected chi connectivity index (χ1v) is 7.79. The maximum atomic E-state index is 11.6. The first-order valence-electron chi connectivity index (χ1n) is 7.00. The molecule has 1 atom stereocenters. The third kappa shape index (κ3) is 7.50. The van der Waals surface area contributed by atoms with Crippen LogP contribution in [0, 0.1) is 0 Å². The lowest BCUT2D eigenvalue weighted by atomic mass is 10.3. The number of hydrogen-bond acceptors (Lipinski definition) is 3. The van der Waals surface area contributed by atoms with Crippen LogP contribution in [0.3, 0.4) is 0 Å². The molecule has 0 aromatic heterocycles. The average molecular weight is 343 g/mol. The summed E-state index contributed by atoms with van der Waals surface area (Å²) in [6.45, 7) is 6.24. The van der Waals surface area contributed by atoms with Crippen molar-refractivity contribution in [2.45, 2.75) is 32.7 Å². The number of carbonyl (C=O) groups excluding carboxylic acids is 1. The molecule has 5 heteroatoms. The summed E-state index contributed by atoms with van der Waals surface area (Å²) in [6.07, 6.45) is 1.21. The fourth-order valence-electron chi connectivity index (χ4n) is 1.76. The van der Waals surface area contributed by atoms with Crippen LogP contribution in [0.5, 0.6) is 5.75 Å². The predicted octanol–water partition coefficient (Wildman–Crippen LogP) is 2.72. The normalized spacial score (nSPS) is 11.9. The van der Waals surface area contributed by atoms with Crippen LogP contribution in [-0.2, 0) is 4.79 Å². The van der Waals surface area contributed by atoms with Crippen molar-refractivity contribution in [2.75, 3.05) is 19.7 Å². The second-order valence-corrected chi connectivity index (χ2v) is 5.59. The number of amides is 1. The second kappa shape index (κ2) is 9.77. The van der Waals surface area contributed by atoms with Crippen LogP contribution in [-0.4, -0.2) is 31.6 Å². The van der Waals surface area contributed by atoms with Gasteiger partial charge in [-0.05, 0) is 38.1 Å². The van der Waals surface area contributed by atoms with Crippen LogP contribution in [0.2, 0.25) is 0 Å². The zero-order valence-corrected chi connectivity index (χ0v) is 13.7. The molecule has 0 saturated heterocycles. The summed E-state index contributed by atoms with van der Waals surface area (Å²) < 4.78 is 6.57. The van der Waals surface area contributed by atoms with Gasteiger partial charge in [0.05, 0.1) is 6.61 Å². The summed E-state index contributed by atoms with van der Waals surface area (Å²) in [7, 11) is 0. The largest absolute Gasteiger partial charge is 0.494 e. The van der Waals surface area contributed by atoms with Crippen LogP contribution in [0.25, 0.3) is 0 Å². The molecular formula is C15H23BrN2O2. The Kier molecular flexibility index (Phi) is 8.30. The van der Waals surface area contributed by atoms with Gasteiger partial charge in [0.15, 0.2) is 0 Å². The highest BCUT2D eigenvalue weighted by Crippen LogP contribution is 2.17. The van der Waals surface area contributed by atoms with Gasteiger partial charge in [0.25, 0.3) is 0 Å². The first kappa shape index (κ1) is 17.0. The SMILES string of the molecule is CCN[C@H](C)CNC(=O)CCCOc1cccc(Br)c1. The number of likely N-dealkylation sites (N-methyl/N-ethyl adjacent to an activating group) is 1. The van der Waals surface area contributed by atoms with E-state index >= 15 is 0 Å². The number of rotatable bonds is 9. The Morgan fingerprint density at radius 2 is 2.25 bits per heavy atom. The standard InChI is InChI=1S/C15H23BrN2O2/c1-3-17-12(2)11-18-15(19)8-5-9-20-14-7-4-6-13(16)10-14/h4,6-7,10,12,17H,3,5,8-9,11H2,1-2H3,(H,18,19)/t12-/m1/s1. The summed E-state index contributed by atoms with van der Waals surface area (Å²) in [6, 6.07) is 8.00. The van der Waals surface area contributed by atoms with E-state index in [1.165, 1.54) is 0 Å². The quantitative estimate of drug-likeness (QED) is 0.678. The molecule has 0 aliphatic carbocycles. The smallest absolute Gasteiger partial charge is 0.220 e. The lowest BCUT2D eigenvalue weighted by molar-refractivity contribution is -0.121. The number of ether oxygens (including phenoxy) is 1. The molecule has 1 aromatic carbocycles. The van der Waals surface area contributed by atoms with Gasteiger partial charge in [-0.1, -0.05) is 28.9 Å². The maximum Gasteiger partial charge on any atom is 0.220 e. The van der Waals surface area contributed by atoms with E-state index in [1.54, 1.807) is 0 Å². The number of carbonyl (C=O) groups is 1. The minimum atomic E-state index is 0.0765. The van der Waals surface area contributed by atoms with Crippen LogP contribution >= 0.6 is 15.9 Å². The van der Waals surface area contributed by atoms with E-state index in [0.717, 1.165) is 16.8 Å². The Morgan fingerprint density at radius 1 is 1.45 bits per heavy atom. The van der Waals surface area contributed by atoms with E-state index in [2.05, 4.69) is 40.4 Å². The fraction of sp³-hybridized carbons (Fsp3) is 0.533. The van der Waals surface area contributed by atoms with Gasteiger partial charge < -0.3 is 15.4 Å². The van der Waals surface area contributed by atoms with Gasteiger partial charge in [-0.3, -0.25) is 4.79 Å². The summed E-state index contributed by atoms with van der Waals surface area (Å²) >= 11 is 3.39. The lowest BCUT2D eigenvalue weighted by Crippen LogP contribution is -2.38. The van der Waals surface area contributed by atoms with Crippen molar-refractivity contribution >= 4 is 21.8 Å². The zero-order chi connectivity index (χ0) is 14.8. The fourth-order valence-corrected chi connectivity index (χ4v) is 2.13. The van der Waals surface area contributed by atoms with Gasteiger partial charge in [0, 0.05) is 23.5 Å². The minimum Gasteiger partial charge on any atom is -0.494 e. The number of nitrogens with one attached hydrogen (secondary N) is 2. The first-order chi connectivity index (χ1) is 9.61. The second-order valence-electron chi connectivity index (χ2n) is 4.67. The van der Waals surface area contributed by atoms with Gasteiger partial charge in [-0.2, -0.15) is 0 Å². The van der Waals surface area contributed by atoms with Crippen molar-refractivity contribution in [3.05, 3.63) is 28.7 Å². The van der Waals surface area contributed by atoms with Crippen LogP contribution in [0.15, 0.2) is 28.7 Å². The van der Waals surface area contributed by atoms with Gasteiger partial charge >= 0.3 is 0 Å². The summed E-state index contributed by atoms with van der Waals surface area (Å²) in [4.78, 5) is 11.6. The summed E-state index contributed by atoms with van der Waals surface area (Å²) in [5.41, 5.74) is 0. The molecule has 1 rings (SSSR count). The minimum absolute atomic E-state index is 0.0765. The highest BCUT2D eigenvalue weighted by molar-refractivity contribution is 9.10. The van der Waals surface area contributed by atoms with Crippen molar-refractivity contribution in [2.24, 2.45) is 0 Å². The van der Waals surface area contributed by atoms with E-state index in [1.807, 2.05) is 24.3 Å². The van der Waals surface area contributed by atoms with E-state index in [-0.39, 0.29) is 5.91 Å². The molecule has 0 bridgehead atoms. The van der Waals surface area contributed by atoms with E-state index in [9.17, 15) is 4.79 Å². The summed E-state index contributed by atoms with van der Waals surface area (Å²) in [5.74, 6) is 0.896. The van der Waals surface area contributed by atoms with E-state index in [4.69, 9.17) is 4.74 Å². The van der Waals surface area contributed by atoms with E-state index < -0.39 is 0 Å².